The fourth-order valence-electron chi connectivity index (χ4n) is 3.34. The third-order valence-electron chi connectivity index (χ3n) is 4.64. The summed E-state index contributed by atoms with van der Waals surface area (Å²) < 4.78 is 6.92. The number of thiophene rings is 1. The Morgan fingerprint density at radius 3 is 2.88 bits per heavy atom. The molecule has 1 aliphatic carbocycles. The second-order valence-electron chi connectivity index (χ2n) is 6.76. The predicted octanol–water partition coefficient (Wildman–Crippen LogP) is 6.06. The van der Waals surface area contributed by atoms with Crippen LogP contribution in [0.5, 0.6) is 5.75 Å². The Kier molecular flexibility index (Phi) is 5.53. The number of nitrogens with zero attached hydrogens (tertiary/aromatic N) is 2. The van der Waals surface area contributed by atoms with E-state index in [1.54, 1.807) is 11.8 Å². The third-order valence-corrected chi connectivity index (χ3v) is 7.25. The summed E-state index contributed by atoms with van der Waals surface area (Å²) in [6.45, 7) is 5.00. The summed E-state index contributed by atoms with van der Waals surface area (Å²) in [5.41, 5.74) is 1.50. The van der Waals surface area contributed by atoms with Gasteiger partial charge in [0.05, 0.1) is 6.61 Å². The second-order valence-corrected chi connectivity index (χ2v) is 9.84. The highest BCUT2D eigenvalue weighted by atomic mass is 79.9. The Hall–Kier alpha value is -1.11. The number of hydrogen-bond acceptors (Lipinski definition) is 5. The molecule has 1 aliphatic rings. The lowest BCUT2D eigenvalue weighted by Crippen LogP contribution is -2.09. The largest absolute Gasteiger partial charge is 0.493 e. The van der Waals surface area contributed by atoms with E-state index in [9.17, 15) is 0 Å². The van der Waals surface area contributed by atoms with E-state index in [4.69, 9.17) is 14.7 Å². The molecule has 0 amide bonds. The van der Waals surface area contributed by atoms with Crippen molar-refractivity contribution in [1.29, 1.82) is 0 Å². The van der Waals surface area contributed by atoms with Crippen molar-refractivity contribution in [2.75, 3.05) is 12.4 Å². The molecule has 136 valence electrons. The van der Waals surface area contributed by atoms with Crippen LogP contribution in [0.15, 0.2) is 33.8 Å². The molecule has 3 aromatic rings. The Morgan fingerprint density at radius 2 is 2.08 bits per heavy atom. The molecule has 2 aromatic heterocycles. The van der Waals surface area contributed by atoms with Crippen molar-refractivity contribution in [2.24, 2.45) is 5.92 Å². The van der Waals surface area contributed by atoms with Gasteiger partial charge in [-0.3, -0.25) is 0 Å². The standard InChI is InChI=1S/C20H21BrN2OS2/c1-12-3-8-16-17(11-12)26-20-18(16)19(22-13(2)23-20)25-10-9-24-15-6-4-14(21)5-7-15/h4-7,12H,3,8-11H2,1-2H3/t12-/m1/s1. The molecule has 1 atom stereocenters. The topological polar surface area (TPSA) is 35.0 Å². The fraction of sp³-hybridized carbons (Fsp3) is 0.400. The van der Waals surface area contributed by atoms with E-state index < -0.39 is 0 Å². The van der Waals surface area contributed by atoms with Crippen LogP contribution in [0.25, 0.3) is 10.2 Å². The van der Waals surface area contributed by atoms with Gasteiger partial charge in [-0.1, -0.05) is 22.9 Å². The number of aryl methyl sites for hydroxylation is 2. The van der Waals surface area contributed by atoms with Gasteiger partial charge in [0.15, 0.2) is 0 Å². The molecule has 0 bridgehead atoms. The first kappa shape index (κ1) is 18.3. The average molecular weight is 449 g/mol. The molecule has 4 rings (SSSR count). The summed E-state index contributed by atoms with van der Waals surface area (Å²) in [5, 5.41) is 2.43. The van der Waals surface area contributed by atoms with Crippen molar-refractivity contribution < 1.29 is 4.74 Å². The van der Waals surface area contributed by atoms with E-state index in [0.29, 0.717) is 6.61 Å². The van der Waals surface area contributed by atoms with Crippen LogP contribution in [-0.2, 0) is 12.8 Å². The van der Waals surface area contributed by atoms with Crippen molar-refractivity contribution in [3.05, 3.63) is 45.0 Å². The molecule has 0 N–H and O–H groups in total. The first-order valence-electron chi connectivity index (χ1n) is 8.90. The number of aromatic nitrogens is 2. The minimum atomic E-state index is 0.667. The molecule has 0 fully saturated rings. The van der Waals surface area contributed by atoms with Gasteiger partial charge >= 0.3 is 0 Å². The van der Waals surface area contributed by atoms with Gasteiger partial charge in [-0.05, 0) is 61.9 Å². The van der Waals surface area contributed by atoms with E-state index in [0.717, 1.165) is 44.0 Å². The minimum Gasteiger partial charge on any atom is -0.493 e. The van der Waals surface area contributed by atoms with Gasteiger partial charge in [-0.2, -0.15) is 0 Å². The smallest absolute Gasteiger partial charge is 0.128 e. The molecule has 0 spiro atoms. The highest BCUT2D eigenvalue weighted by Crippen LogP contribution is 2.40. The highest BCUT2D eigenvalue weighted by Gasteiger charge is 2.23. The van der Waals surface area contributed by atoms with Gasteiger partial charge in [-0.15, -0.1) is 23.1 Å². The molecule has 26 heavy (non-hydrogen) atoms. The second kappa shape index (κ2) is 7.87. The minimum absolute atomic E-state index is 0.667. The van der Waals surface area contributed by atoms with Gasteiger partial charge in [-0.25, -0.2) is 9.97 Å². The molecule has 0 unspecified atom stereocenters. The van der Waals surface area contributed by atoms with Gasteiger partial charge in [0, 0.05) is 20.5 Å². The summed E-state index contributed by atoms with van der Waals surface area (Å²) in [7, 11) is 0. The van der Waals surface area contributed by atoms with Gasteiger partial charge < -0.3 is 4.74 Å². The van der Waals surface area contributed by atoms with Crippen LogP contribution in [0.1, 0.15) is 29.6 Å². The molecule has 1 aromatic carbocycles. The molecule has 0 saturated heterocycles. The first-order valence-corrected chi connectivity index (χ1v) is 11.5. The van der Waals surface area contributed by atoms with Crippen LogP contribution in [0.2, 0.25) is 0 Å². The summed E-state index contributed by atoms with van der Waals surface area (Å²) in [6, 6.07) is 7.97. The molecule has 0 saturated carbocycles. The normalized spacial score (nSPS) is 16.7. The lowest BCUT2D eigenvalue weighted by Gasteiger charge is -2.18. The molecule has 6 heteroatoms. The number of fused-ring (bicyclic) bond motifs is 3. The first-order chi connectivity index (χ1) is 12.6. The van der Waals surface area contributed by atoms with Crippen molar-refractivity contribution in [3.8, 4) is 5.75 Å². The van der Waals surface area contributed by atoms with Gasteiger partial charge in [0.25, 0.3) is 0 Å². The van der Waals surface area contributed by atoms with Crippen LogP contribution < -0.4 is 4.74 Å². The summed E-state index contributed by atoms with van der Waals surface area (Å²) in [5.74, 6) is 3.42. The van der Waals surface area contributed by atoms with Crippen molar-refractivity contribution in [3.63, 3.8) is 0 Å². The number of hydrogen-bond donors (Lipinski definition) is 0. The lowest BCUT2D eigenvalue weighted by atomic mass is 9.89. The van der Waals surface area contributed by atoms with Gasteiger partial charge in [0.1, 0.15) is 21.4 Å². The van der Waals surface area contributed by atoms with Crippen LogP contribution in [0.3, 0.4) is 0 Å². The number of benzene rings is 1. The Morgan fingerprint density at radius 1 is 1.27 bits per heavy atom. The summed E-state index contributed by atoms with van der Waals surface area (Å²) in [4.78, 5) is 12.1. The number of halogens is 1. The number of thioether (sulfide) groups is 1. The fourth-order valence-corrected chi connectivity index (χ4v) is 6.02. The van der Waals surface area contributed by atoms with E-state index in [1.807, 2.05) is 42.5 Å². The summed E-state index contributed by atoms with van der Waals surface area (Å²) in [6.07, 6.45) is 3.61. The molecule has 0 aliphatic heterocycles. The SMILES string of the molecule is Cc1nc(SCCOc2ccc(Br)cc2)c2c3c(sc2n1)C[C@H](C)CC3. The third kappa shape index (κ3) is 3.92. The predicted molar refractivity (Wildman–Crippen MR) is 114 cm³/mol. The quantitative estimate of drug-likeness (QED) is 0.270. The molecular formula is C20H21BrN2OS2. The molecule has 2 heterocycles. The van der Waals surface area contributed by atoms with Crippen molar-refractivity contribution in [2.45, 2.75) is 38.1 Å². The zero-order valence-corrected chi connectivity index (χ0v) is 18.1. The average Bonchev–Trinajstić information content (AvgIpc) is 2.97. The maximum Gasteiger partial charge on any atom is 0.128 e. The zero-order chi connectivity index (χ0) is 18.1. The van der Waals surface area contributed by atoms with E-state index >= 15 is 0 Å². The Balaban J connectivity index is 1.49. The lowest BCUT2D eigenvalue weighted by molar-refractivity contribution is 0.344. The van der Waals surface area contributed by atoms with Crippen molar-refractivity contribution in [1.82, 2.24) is 9.97 Å². The van der Waals surface area contributed by atoms with Crippen LogP contribution >= 0.6 is 39.0 Å². The molecular weight excluding hydrogens is 428 g/mol. The van der Waals surface area contributed by atoms with Crippen LogP contribution in [0.4, 0.5) is 0 Å². The van der Waals surface area contributed by atoms with Crippen LogP contribution in [0, 0.1) is 12.8 Å². The Labute approximate surface area is 170 Å². The van der Waals surface area contributed by atoms with Gasteiger partial charge in [0.2, 0.25) is 0 Å². The van der Waals surface area contributed by atoms with Crippen molar-refractivity contribution >= 4 is 49.2 Å². The monoisotopic (exact) mass is 448 g/mol. The number of ether oxygens (including phenoxy) is 1. The summed E-state index contributed by atoms with van der Waals surface area (Å²) >= 11 is 7.10. The molecule has 3 nitrogen and oxygen atoms in total. The Bertz CT molecular complexity index is 924. The maximum atomic E-state index is 5.85. The number of rotatable bonds is 5. The van der Waals surface area contributed by atoms with Crippen LogP contribution in [-0.4, -0.2) is 22.3 Å². The van der Waals surface area contributed by atoms with E-state index in [-0.39, 0.29) is 0 Å². The zero-order valence-electron chi connectivity index (χ0n) is 14.9. The molecule has 0 radical (unpaired) electrons. The highest BCUT2D eigenvalue weighted by molar-refractivity contribution is 9.10. The van der Waals surface area contributed by atoms with E-state index in [1.165, 1.54) is 28.7 Å². The maximum absolute atomic E-state index is 5.85. The van der Waals surface area contributed by atoms with E-state index in [2.05, 4.69) is 22.9 Å².